The molecule has 110 valence electrons. The van der Waals surface area contributed by atoms with Crippen molar-refractivity contribution in [1.29, 1.82) is 0 Å². The maximum absolute atomic E-state index is 11.7. The van der Waals surface area contributed by atoms with E-state index < -0.39 is 5.91 Å². The zero-order valence-electron chi connectivity index (χ0n) is 11.8. The number of hydrogen-bond acceptors (Lipinski definition) is 4. The molecule has 1 aromatic carbocycles. The van der Waals surface area contributed by atoms with Crippen molar-refractivity contribution in [2.45, 2.75) is 32.7 Å². The van der Waals surface area contributed by atoms with Crippen LogP contribution >= 0.6 is 0 Å². The van der Waals surface area contributed by atoms with E-state index in [0.29, 0.717) is 5.69 Å². The van der Waals surface area contributed by atoms with Crippen LogP contribution in [0.2, 0.25) is 0 Å². The molecule has 0 spiro atoms. The predicted octanol–water partition coefficient (Wildman–Crippen LogP) is 1.05. The molecule has 0 bridgehead atoms. The number of nitrogens with one attached hydrogen (secondary N) is 1. The number of anilines is 1. The Hall–Kier alpha value is -2.24. The third kappa shape index (κ3) is 4.79. The zero-order valence-corrected chi connectivity index (χ0v) is 11.8. The van der Waals surface area contributed by atoms with Gasteiger partial charge in [-0.1, -0.05) is 13.3 Å². The Labute approximate surface area is 118 Å². The number of primary amides is 1. The molecule has 6 heteroatoms. The van der Waals surface area contributed by atoms with Gasteiger partial charge in [-0.15, -0.1) is 0 Å². The lowest BCUT2D eigenvalue weighted by molar-refractivity contribution is -0.123. The van der Waals surface area contributed by atoms with Gasteiger partial charge in [0.05, 0.1) is 5.56 Å². The topological polar surface area (TPSA) is 107 Å². The molecular formula is C14H21N3O3. The Balaban J connectivity index is 2.61. The molecular weight excluding hydrogens is 258 g/mol. The van der Waals surface area contributed by atoms with Crippen LogP contribution in [0.15, 0.2) is 18.2 Å². The lowest BCUT2D eigenvalue weighted by Crippen LogP contribution is -2.36. The van der Waals surface area contributed by atoms with Crippen LogP contribution in [0.25, 0.3) is 0 Å². The average Bonchev–Trinajstić information content (AvgIpc) is 2.37. The van der Waals surface area contributed by atoms with E-state index in [1.165, 1.54) is 12.1 Å². The molecule has 0 aromatic heterocycles. The average molecular weight is 279 g/mol. The normalized spacial score (nSPS) is 11.7. The smallest absolute Gasteiger partial charge is 0.258 e. The maximum Gasteiger partial charge on any atom is 0.258 e. The van der Waals surface area contributed by atoms with Gasteiger partial charge in [-0.25, -0.2) is 0 Å². The number of benzene rings is 1. The standard InChI is InChI=1S/C14H21N3O3/c1-3-4-9(2)17-13(18)8-20-12-6-5-10(15)7-11(12)14(16)19/h5-7,9H,3-4,8,15H2,1-2H3,(H2,16,19)(H,17,18). The number of carbonyl (C=O) groups is 2. The minimum atomic E-state index is -0.646. The molecule has 0 fully saturated rings. The van der Waals surface area contributed by atoms with Crippen molar-refractivity contribution in [3.63, 3.8) is 0 Å². The molecule has 0 aliphatic carbocycles. The van der Waals surface area contributed by atoms with Gasteiger partial charge in [-0.2, -0.15) is 0 Å². The Bertz CT molecular complexity index is 489. The molecule has 2 amide bonds. The number of rotatable bonds is 7. The lowest BCUT2D eigenvalue weighted by atomic mass is 10.1. The number of amides is 2. The molecule has 1 atom stereocenters. The van der Waals surface area contributed by atoms with E-state index in [9.17, 15) is 9.59 Å². The third-order valence-electron chi connectivity index (χ3n) is 2.76. The summed E-state index contributed by atoms with van der Waals surface area (Å²) >= 11 is 0. The first-order chi connectivity index (χ1) is 9.43. The van der Waals surface area contributed by atoms with E-state index >= 15 is 0 Å². The molecule has 0 saturated heterocycles. The van der Waals surface area contributed by atoms with Crippen LogP contribution in [0.5, 0.6) is 5.75 Å². The van der Waals surface area contributed by atoms with Gasteiger partial charge in [0.2, 0.25) is 0 Å². The van der Waals surface area contributed by atoms with E-state index in [0.717, 1.165) is 12.8 Å². The summed E-state index contributed by atoms with van der Waals surface area (Å²) in [5.74, 6) is -0.629. The fourth-order valence-corrected chi connectivity index (χ4v) is 1.83. The van der Waals surface area contributed by atoms with Crippen LogP contribution in [0.4, 0.5) is 5.69 Å². The van der Waals surface area contributed by atoms with E-state index in [1.54, 1.807) is 6.07 Å². The van der Waals surface area contributed by atoms with Gasteiger partial charge >= 0.3 is 0 Å². The van der Waals surface area contributed by atoms with Crippen molar-refractivity contribution < 1.29 is 14.3 Å². The molecule has 0 aliphatic rings. The van der Waals surface area contributed by atoms with Gasteiger partial charge < -0.3 is 21.5 Å². The molecule has 6 nitrogen and oxygen atoms in total. The third-order valence-corrected chi connectivity index (χ3v) is 2.76. The van der Waals surface area contributed by atoms with E-state index in [2.05, 4.69) is 5.32 Å². The summed E-state index contributed by atoms with van der Waals surface area (Å²) in [5, 5.41) is 2.81. The molecule has 0 heterocycles. The van der Waals surface area contributed by atoms with Crippen molar-refractivity contribution >= 4 is 17.5 Å². The largest absolute Gasteiger partial charge is 0.483 e. The molecule has 20 heavy (non-hydrogen) atoms. The molecule has 1 aromatic rings. The minimum Gasteiger partial charge on any atom is -0.483 e. The van der Waals surface area contributed by atoms with Crippen LogP contribution in [-0.4, -0.2) is 24.5 Å². The Morgan fingerprint density at radius 3 is 2.70 bits per heavy atom. The Morgan fingerprint density at radius 1 is 1.40 bits per heavy atom. The van der Waals surface area contributed by atoms with Crippen LogP contribution < -0.4 is 21.5 Å². The number of carbonyl (C=O) groups excluding carboxylic acids is 2. The zero-order chi connectivity index (χ0) is 15.1. The first-order valence-corrected chi connectivity index (χ1v) is 6.55. The maximum atomic E-state index is 11.7. The van der Waals surface area contributed by atoms with Crippen molar-refractivity contribution in [3.8, 4) is 5.75 Å². The highest BCUT2D eigenvalue weighted by atomic mass is 16.5. The summed E-state index contributed by atoms with van der Waals surface area (Å²) in [7, 11) is 0. The molecule has 1 unspecified atom stereocenters. The molecule has 0 radical (unpaired) electrons. The first kappa shape index (κ1) is 15.8. The highest BCUT2D eigenvalue weighted by Crippen LogP contribution is 2.20. The second-order valence-electron chi connectivity index (χ2n) is 4.67. The number of ether oxygens (including phenoxy) is 1. The van der Waals surface area contributed by atoms with Crippen molar-refractivity contribution in [1.82, 2.24) is 5.32 Å². The van der Waals surface area contributed by atoms with E-state index in [-0.39, 0.29) is 29.9 Å². The minimum absolute atomic E-state index is 0.0955. The fraction of sp³-hybridized carbons (Fsp3) is 0.429. The summed E-state index contributed by atoms with van der Waals surface area (Å²) in [6, 6.07) is 4.63. The number of hydrogen-bond donors (Lipinski definition) is 3. The van der Waals surface area contributed by atoms with Gasteiger partial charge in [-0.05, 0) is 31.5 Å². The van der Waals surface area contributed by atoms with Crippen LogP contribution in [0.1, 0.15) is 37.0 Å². The quantitative estimate of drug-likeness (QED) is 0.648. The molecule has 5 N–H and O–H groups in total. The molecule has 0 aliphatic heterocycles. The van der Waals surface area contributed by atoms with Crippen LogP contribution in [0, 0.1) is 0 Å². The fourth-order valence-electron chi connectivity index (χ4n) is 1.83. The summed E-state index contributed by atoms with van der Waals surface area (Å²) in [6.45, 7) is 3.81. The lowest BCUT2D eigenvalue weighted by Gasteiger charge is -2.14. The second-order valence-corrected chi connectivity index (χ2v) is 4.67. The number of nitrogen functional groups attached to an aromatic ring is 1. The van der Waals surface area contributed by atoms with Crippen LogP contribution in [0.3, 0.4) is 0 Å². The first-order valence-electron chi connectivity index (χ1n) is 6.55. The Morgan fingerprint density at radius 2 is 2.10 bits per heavy atom. The molecule has 0 saturated carbocycles. The summed E-state index contributed by atoms with van der Waals surface area (Å²) in [5.41, 5.74) is 11.4. The highest BCUT2D eigenvalue weighted by Gasteiger charge is 2.12. The summed E-state index contributed by atoms with van der Waals surface area (Å²) < 4.78 is 5.33. The summed E-state index contributed by atoms with van der Waals surface area (Å²) in [6.07, 6.45) is 1.90. The van der Waals surface area contributed by atoms with Gasteiger partial charge in [0.1, 0.15) is 5.75 Å². The Kier molecular flexibility index (Phi) is 5.83. The summed E-state index contributed by atoms with van der Waals surface area (Å²) in [4.78, 5) is 22.9. The SMILES string of the molecule is CCCC(C)NC(=O)COc1ccc(N)cc1C(N)=O. The predicted molar refractivity (Wildman–Crippen MR) is 77.4 cm³/mol. The van der Waals surface area contributed by atoms with Crippen molar-refractivity contribution in [2.75, 3.05) is 12.3 Å². The van der Waals surface area contributed by atoms with Gasteiger partial charge in [0.25, 0.3) is 11.8 Å². The van der Waals surface area contributed by atoms with Gasteiger partial charge in [-0.3, -0.25) is 9.59 Å². The van der Waals surface area contributed by atoms with Gasteiger partial charge in [0, 0.05) is 11.7 Å². The van der Waals surface area contributed by atoms with Gasteiger partial charge in [0.15, 0.2) is 6.61 Å². The second kappa shape index (κ2) is 7.37. The number of nitrogens with two attached hydrogens (primary N) is 2. The van der Waals surface area contributed by atoms with Crippen LogP contribution in [-0.2, 0) is 4.79 Å². The van der Waals surface area contributed by atoms with E-state index in [4.69, 9.17) is 16.2 Å². The monoisotopic (exact) mass is 279 g/mol. The molecule has 1 rings (SSSR count). The van der Waals surface area contributed by atoms with Crippen molar-refractivity contribution in [3.05, 3.63) is 23.8 Å². The van der Waals surface area contributed by atoms with E-state index in [1.807, 2.05) is 13.8 Å². The van der Waals surface area contributed by atoms with Crippen molar-refractivity contribution in [2.24, 2.45) is 5.73 Å². The highest BCUT2D eigenvalue weighted by molar-refractivity contribution is 5.96.